The zero-order valence-electron chi connectivity index (χ0n) is 10.2. The van der Waals surface area contributed by atoms with Crippen LogP contribution in [0.25, 0.3) is 0 Å². The first-order chi connectivity index (χ1) is 8.99. The maximum atomic E-state index is 12.0. The largest absolute Gasteiger partial charge is 0.251 e. The fourth-order valence-corrected chi connectivity index (χ4v) is 4.38. The van der Waals surface area contributed by atoms with Crippen molar-refractivity contribution in [1.29, 1.82) is 0 Å². The van der Waals surface area contributed by atoms with Crippen molar-refractivity contribution in [1.82, 2.24) is 9.71 Å². The Morgan fingerprint density at radius 3 is 2.63 bits per heavy atom. The fraction of sp³-hybridized carbons (Fsp3) is 0.250. The molecule has 0 bridgehead atoms. The van der Waals surface area contributed by atoms with Gasteiger partial charge in [-0.15, -0.1) is 11.3 Å². The van der Waals surface area contributed by atoms with Crippen LogP contribution >= 0.6 is 27.3 Å². The average Bonchev–Trinajstić information content (AvgIpc) is 2.85. The molecule has 0 aliphatic heterocycles. The summed E-state index contributed by atoms with van der Waals surface area (Å²) >= 11 is 4.64. The number of rotatable bonds is 5. The van der Waals surface area contributed by atoms with Crippen molar-refractivity contribution >= 4 is 37.3 Å². The van der Waals surface area contributed by atoms with Gasteiger partial charge < -0.3 is 0 Å². The third-order valence-corrected chi connectivity index (χ3v) is 6.13. The van der Waals surface area contributed by atoms with Crippen molar-refractivity contribution in [3.8, 4) is 0 Å². The molecule has 0 aliphatic carbocycles. The minimum Gasteiger partial charge on any atom is -0.249 e. The molecular formula is C12H13BrN2O2S2. The number of hydrogen-bond donors (Lipinski definition) is 1. The van der Waals surface area contributed by atoms with Crippen LogP contribution in [0.15, 0.2) is 40.7 Å². The number of nitrogens with one attached hydrogen (secondary N) is 1. The monoisotopic (exact) mass is 360 g/mol. The zero-order valence-corrected chi connectivity index (χ0v) is 13.4. The van der Waals surface area contributed by atoms with Gasteiger partial charge in [0.05, 0.1) is 16.0 Å². The van der Waals surface area contributed by atoms with Gasteiger partial charge in [-0.25, -0.2) is 18.1 Å². The number of alkyl halides is 1. The molecule has 4 nitrogen and oxygen atoms in total. The molecule has 2 aromatic rings. The van der Waals surface area contributed by atoms with E-state index >= 15 is 0 Å². The SMILES string of the molecule is Cc1ncc(S(=O)(=O)NCC(Br)c2ccccc2)s1. The molecule has 19 heavy (non-hydrogen) atoms. The van der Waals surface area contributed by atoms with Crippen LogP contribution in [0.1, 0.15) is 15.4 Å². The van der Waals surface area contributed by atoms with Gasteiger partial charge in [0.2, 0.25) is 0 Å². The maximum Gasteiger partial charge on any atom is 0.251 e. The summed E-state index contributed by atoms with van der Waals surface area (Å²) in [6, 6.07) is 9.66. The number of aryl methyl sites for hydroxylation is 1. The number of halogens is 1. The lowest BCUT2D eigenvalue weighted by atomic mass is 10.2. The molecule has 1 N–H and O–H groups in total. The molecule has 1 atom stereocenters. The van der Waals surface area contributed by atoms with Crippen LogP contribution in [0.3, 0.4) is 0 Å². The molecule has 0 amide bonds. The topological polar surface area (TPSA) is 59.1 Å². The summed E-state index contributed by atoms with van der Waals surface area (Å²) in [5.41, 5.74) is 1.03. The number of aromatic nitrogens is 1. The summed E-state index contributed by atoms with van der Waals surface area (Å²) in [5, 5.41) is 0.735. The predicted octanol–water partition coefficient (Wildman–Crippen LogP) is 2.87. The Morgan fingerprint density at radius 1 is 1.37 bits per heavy atom. The summed E-state index contributed by atoms with van der Waals surface area (Å²) < 4.78 is 26.9. The van der Waals surface area contributed by atoms with Gasteiger partial charge in [0.15, 0.2) is 4.21 Å². The van der Waals surface area contributed by atoms with Gasteiger partial charge in [-0.3, -0.25) is 0 Å². The van der Waals surface area contributed by atoms with Crippen LogP contribution in [0.5, 0.6) is 0 Å². The molecule has 1 unspecified atom stereocenters. The number of benzene rings is 1. The highest BCUT2D eigenvalue weighted by Gasteiger charge is 2.18. The van der Waals surface area contributed by atoms with Crippen LogP contribution < -0.4 is 4.72 Å². The lowest BCUT2D eigenvalue weighted by molar-refractivity contribution is 0.583. The van der Waals surface area contributed by atoms with Crippen LogP contribution in [0, 0.1) is 6.92 Å². The number of hydrogen-bond acceptors (Lipinski definition) is 4. The molecule has 0 spiro atoms. The third kappa shape index (κ3) is 3.85. The number of thiazole rings is 1. The minimum atomic E-state index is -3.47. The standard InChI is InChI=1S/C12H13BrN2O2S2/c1-9-14-8-12(18-9)19(16,17)15-7-11(13)10-5-3-2-4-6-10/h2-6,8,11,15H,7H2,1H3. The van der Waals surface area contributed by atoms with Crippen molar-refractivity contribution in [2.45, 2.75) is 16.0 Å². The van der Waals surface area contributed by atoms with E-state index in [1.165, 1.54) is 17.5 Å². The van der Waals surface area contributed by atoms with Crippen molar-refractivity contribution < 1.29 is 8.42 Å². The normalized spacial score (nSPS) is 13.4. The zero-order chi connectivity index (χ0) is 13.9. The number of sulfonamides is 1. The van der Waals surface area contributed by atoms with Gasteiger partial charge in [-0.05, 0) is 12.5 Å². The Hall–Kier alpha value is -0.760. The Morgan fingerprint density at radius 2 is 2.05 bits per heavy atom. The first kappa shape index (κ1) is 14.6. The van der Waals surface area contributed by atoms with Crippen LogP contribution in [-0.4, -0.2) is 19.9 Å². The van der Waals surface area contributed by atoms with Crippen molar-refractivity contribution in [2.75, 3.05) is 6.54 Å². The Balaban J connectivity index is 2.03. The Labute approximate surface area is 125 Å². The second-order valence-corrected chi connectivity index (χ2v) is 8.26. The summed E-state index contributed by atoms with van der Waals surface area (Å²) in [4.78, 5) is 3.90. The van der Waals surface area contributed by atoms with Gasteiger partial charge in [0.1, 0.15) is 0 Å². The van der Waals surface area contributed by atoms with Crippen LogP contribution in [0.2, 0.25) is 0 Å². The first-order valence-electron chi connectivity index (χ1n) is 5.60. The van der Waals surface area contributed by atoms with Gasteiger partial charge in [0, 0.05) is 6.54 Å². The summed E-state index contributed by atoms with van der Waals surface area (Å²) in [5.74, 6) is 0. The molecule has 1 aromatic carbocycles. The maximum absolute atomic E-state index is 12.0. The predicted molar refractivity (Wildman–Crippen MR) is 80.1 cm³/mol. The average molecular weight is 361 g/mol. The molecule has 0 saturated carbocycles. The van der Waals surface area contributed by atoms with Gasteiger partial charge in [-0.2, -0.15) is 0 Å². The van der Waals surface area contributed by atoms with E-state index in [0.29, 0.717) is 6.54 Å². The molecule has 1 aromatic heterocycles. The smallest absolute Gasteiger partial charge is 0.249 e. The lowest BCUT2D eigenvalue weighted by Gasteiger charge is -2.11. The molecular weight excluding hydrogens is 348 g/mol. The lowest BCUT2D eigenvalue weighted by Crippen LogP contribution is -2.26. The minimum absolute atomic E-state index is 0.0579. The van der Waals surface area contributed by atoms with E-state index in [2.05, 4.69) is 25.6 Å². The molecule has 0 fully saturated rings. The van der Waals surface area contributed by atoms with Gasteiger partial charge in [-0.1, -0.05) is 46.3 Å². The van der Waals surface area contributed by atoms with E-state index in [9.17, 15) is 8.42 Å². The van der Waals surface area contributed by atoms with E-state index in [4.69, 9.17) is 0 Å². The van der Waals surface area contributed by atoms with Gasteiger partial charge in [0.25, 0.3) is 10.0 Å². The highest BCUT2D eigenvalue weighted by atomic mass is 79.9. The second kappa shape index (κ2) is 6.13. The van der Waals surface area contributed by atoms with E-state index in [-0.39, 0.29) is 9.04 Å². The van der Waals surface area contributed by atoms with Crippen molar-refractivity contribution in [2.24, 2.45) is 0 Å². The Kier molecular flexibility index (Phi) is 4.72. The fourth-order valence-electron chi connectivity index (χ4n) is 1.50. The number of nitrogens with zero attached hydrogens (tertiary/aromatic N) is 1. The molecule has 0 aliphatic rings. The van der Waals surface area contributed by atoms with E-state index in [1.807, 2.05) is 30.3 Å². The van der Waals surface area contributed by atoms with Crippen molar-refractivity contribution in [3.63, 3.8) is 0 Å². The van der Waals surface area contributed by atoms with Crippen LogP contribution in [-0.2, 0) is 10.0 Å². The molecule has 1 heterocycles. The molecule has 7 heteroatoms. The van der Waals surface area contributed by atoms with E-state index in [1.54, 1.807) is 6.92 Å². The molecule has 0 radical (unpaired) electrons. The summed E-state index contributed by atoms with van der Waals surface area (Å²) in [6.45, 7) is 2.07. The first-order valence-corrected chi connectivity index (χ1v) is 8.82. The highest BCUT2D eigenvalue weighted by molar-refractivity contribution is 9.09. The summed E-state index contributed by atoms with van der Waals surface area (Å²) in [6.07, 6.45) is 1.38. The molecule has 0 saturated heterocycles. The van der Waals surface area contributed by atoms with Gasteiger partial charge >= 0.3 is 0 Å². The highest BCUT2D eigenvalue weighted by Crippen LogP contribution is 2.23. The van der Waals surface area contributed by atoms with Crippen molar-refractivity contribution in [3.05, 3.63) is 47.1 Å². The van der Waals surface area contributed by atoms with Crippen LogP contribution in [0.4, 0.5) is 0 Å². The third-order valence-electron chi connectivity index (χ3n) is 2.48. The van der Waals surface area contributed by atoms with E-state index < -0.39 is 10.0 Å². The second-order valence-electron chi connectivity index (χ2n) is 3.93. The summed E-state index contributed by atoms with van der Waals surface area (Å²) in [7, 11) is -3.47. The molecule has 102 valence electrons. The molecule has 2 rings (SSSR count). The quantitative estimate of drug-likeness (QED) is 0.834. The Bertz CT molecular complexity index is 641. The van der Waals surface area contributed by atoms with E-state index in [0.717, 1.165) is 10.6 Å².